The molecule has 3 aromatic carbocycles. The second-order valence-corrected chi connectivity index (χ2v) is 10.6. The van der Waals surface area contributed by atoms with Gasteiger partial charge in [0.25, 0.3) is 0 Å². The minimum atomic E-state index is -1.01. The topological polar surface area (TPSA) is 72.8 Å². The fraction of sp³-hybridized carbons (Fsp3) is 0.375. The van der Waals surface area contributed by atoms with E-state index >= 15 is 0 Å². The molecule has 2 unspecified atom stereocenters. The van der Waals surface area contributed by atoms with Crippen LogP contribution in [0, 0.1) is 0 Å². The molecule has 5 nitrogen and oxygen atoms in total. The molecule has 0 saturated carbocycles. The highest BCUT2D eigenvalue weighted by Crippen LogP contribution is 2.41. The minimum absolute atomic E-state index is 0.403. The summed E-state index contributed by atoms with van der Waals surface area (Å²) >= 11 is 1.44. The van der Waals surface area contributed by atoms with Crippen LogP contribution in [0.3, 0.4) is 0 Å². The molecule has 0 saturated heterocycles. The van der Waals surface area contributed by atoms with Crippen LogP contribution in [0.15, 0.2) is 83.8 Å². The molecular formula is C32H38O5S. The van der Waals surface area contributed by atoms with Gasteiger partial charge in [-0.3, -0.25) is 0 Å². The zero-order valence-electron chi connectivity index (χ0n) is 22.3. The lowest BCUT2D eigenvalue weighted by Crippen LogP contribution is -2.29. The van der Waals surface area contributed by atoms with Crippen molar-refractivity contribution >= 4 is 23.7 Å². The van der Waals surface area contributed by atoms with Gasteiger partial charge in [-0.25, -0.2) is 9.59 Å². The molecule has 2 atom stereocenters. The van der Waals surface area contributed by atoms with E-state index in [1.807, 2.05) is 30.3 Å². The highest BCUT2D eigenvalue weighted by molar-refractivity contribution is 7.99. The lowest BCUT2D eigenvalue weighted by molar-refractivity contribution is -0.148. The first-order chi connectivity index (χ1) is 18.5. The quantitative estimate of drug-likeness (QED) is 0.116. The van der Waals surface area contributed by atoms with Gasteiger partial charge >= 0.3 is 11.9 Å². The highest BCUT2D eigenvalue weighted by atomic mass is 32.2. The van der Waals surface area contributed by atoms with Crippen molar-refractivity contribution in [3.05, 3.63) is 101 Å². The van der Waals surface area contributed by atoms with Crippen molar-refractivity contribution in [3.8, 4) is 0 Å². The number of unbranched alkanes of at least 4 members (excludes halogenated alkanes) is 5. The molecule has 0 bridgehead atoms. The van der Waals surface area contributed by atoms with E-state index in [9.17, 15) is 14.7 Å². The molecule has 0 radical (unpaired) electrons. The average molecular weight is 535 g/mol. The fourth-order valence-corrected chi connectivity index (χ4v) is 5.91. The van der Waals surface area contributed by atoms with Gasteiger partial charge in [0.1, 0.15) is 0 Å². The van der Waals surface area contributed by atoms with E-state index < -0.39 is 23.3 Å². The van der Waals surface area contributed by atoms with E-state index in [1.54, 1.807) is 12.1 Å². The Labute approximate surface area is 230 Å². The van der Waals surface area contributed by atoms with Gasteiger partial charge in [0.05, 0.1) is 17.9 Å². The first-order valence-corrected chi connectivity index (χ1v) is 14.1. The van der Waals surface area contributed by atoms with Gasteiger partial charge < -0.3 is 14.6 Å². The van der Waals surface area contributed by atoms with Crippen LogP contribution >= 0.6 is 11.8 Å². The van der Waals surface area contributed by atoms with Crippen molar-refractivity contribution in [3.63, 3.8) is 0 Å². The van der Waals surface area contributed by atoms with Gasteiger partial charge in [0.15, 0.2) is 6.10 Å². The molecule has 0 spiro atoms. The number of carbonyl (C=O) groups is 2. The Kier molecular flexibility index (Phi) is 12.4. The molecule has 0 heterocycles. The third-order valence-electron chi connectivity index (χ3n) is 6.68. The Morgan fingerprint density at radius 2 is 1.37 bits per heavy atom. The Morgan fingerprint density at radius 3 is 2.00 bits per heavy atom. The number of thioether (sulfide) groups is 1. The molecule has 3 rings (SSSR count). The number of carboxylic acids is 1. The van der Waals surface area contributed by atoms with Crippen molar-refractivity contribution < 1.29 is 24.2 Å². The number of hydrogen-bond acceptors (Lipinski definition) is 5. The summed E-state index contributed by atoms with van der Waals surface area (Å²) in [5, 5.41) is 9.48. The number of rotatable bonds is 16. The lowest BCUT2D eigenvalue weighted by atomic mass is 9.96. The van der Waals surface area contributed by atoms with Crippen LogP contribution in [-0.4, -0.2) is 37.4 Å². The molecule has 6 heteroatoms. The summed E-state index contributed by atoms with van der Waals surface area (Å²) in [6.07, 6.45) is 8.15. The maximum Gasteiger partial charge on any atom is 0.337 e. The van der Waals surface area contributed by atoms with Crippen LogP contribution < -0.4 is 0 Å². The summed E-state index contributed by atoms with van der Waals surface area (Å²) in [4.78, 5) is 24.8. The smallest absolute Gasteiger partial charge is 0.337 e. The molecule has 0 amide bonds. The first kappa shape index (κ1) is 29.5. The largest absolute Gasteiger partial charge is 0.479 e. The van der Waals surface area contributed by atoms with Crippen LogP contribution in [0.2, 0.25) is 0 Å². The summed E-state index contributed by atoms with van der Waals surface area (Å²) in [6.45, 7) is 0. The zero-order chi connectivity index (χ0) is 27.2. The highest BCUT2D eigenvalue weighted by Gasteiger charge is 2.32. The normalized spacial score (nSPS) is 12.6. The van der Waals surface area contributed by atoms with E-state index in [4.69, 9.17) is 9.47 Å². The molecule has 0 fully saturated rings. The van der Waals surface area contributed by atoms with E-state index in [-0.39, 0.29) is 0 Å². The minimum Gasteiger partial charge on any atom is -0.479 e. The number of ether oxygens (including phenoxy) is 2. The predicted octanol–water partition coefficient (Wildman–Crippen LogP) is 7.53. The molecule has 0 aliphatic carbocycles. The molecule has 0 aromatic heterocycles. The van der Waals surface area contributed by atoms with Crippen molar-refractivity contribution in [1.29, 1.82) is 0 Å². The van der Waals surface area contributed by atoms with Crippen molar-refractivity contribution in [1.82, 2.24) is 0 Å². The Balaban J connectivity index is 1.59. The van der Waals surface area contributed by atoms with E-state index in [2.05, 4.69) is 36.4 Å². The summed E-state index contributed by atoms with van der Waals surface area (Å²) in [6, 6.07) is 25.7. The summed E-state index contributed by atoms with van der Waals surface area (Å²) < 4.78 is 10.2. The Hall–Kier alpha value is -3.09. The van der Waals surface area contributed by atoms with Crippen LogP contribution in [-0.2, 0) is 27.1 Å². The number of aliphatic carboxylic acids is 1. The molecule has 202 valence electrons. The van der Waals surface area contributed by atoms with Crippen LogP contribution in [0.1, 0.15) is 70.8 Å². The monoisotopic (exact) mass is 534 g/mol. The van der Waals surface area contributed by atoms with Gasteiger partial charge in [0.2, 0.25) is 0 Å². The fourth-order valence-electron chi connectivity index (χ4n) is 4.61. The molecular weight excluding hydrogens is 496 g/mol. The molecule has 0 aliphatic heterocycles. The standard InChI is InChI=1S/C32H38O5S/c1-36-29(31(33)34)30(38-27-22-20-26(21-23-27)32(35)37-2)28-19-13-12-18-25(28)17-11-6-4-3-5-8-14-24-15-9-7-10-16-24/h7,9-10,12-13,15-16,18-23,29-30H,3-6,8,11,14,17H2,1-2H3,(H,33,34). The number of esters is 1. The predicted molar refractivity (Wildman–Crippen MR) is 153 cm³/mol. The second kappa shape index (κ2) is 16.0. The number of aryl methyl sites for hydroxylation is 2. The number of carbonyl (C=O) groups excluding carboxylic acids is 1. The van der Waals surface area contributed by atoms with Crippen LogP contribution in [0.25, 0.3) is 0 Å². The maximum absolute atomic E-state index is 12.1. The number of benzene rings is 3. The van der Waals surface area contributed by atoms with Crippen molar-refractivity contribution in [2.75, 3.05) is 14.2 Å². The van der Waals surface area contributed by atoms with E-state index in [0.29, 0.717) is 5.56 Å². The SMILES string of the molecule is COC(=O)c1ccc(SC(c2ccccc2CCCCCCCCc2ccccc2)C(OC)C(=O)O)cc1. The van der Waals surface area contributed by atoms with E-state index in [1.165, 1.54) is 57.2 Å². The zero-order valence-corrected chi connectivity index (χ0v) is 23.1. The van der Waals surface area contributed by atoms with Gasteiger partial charge in [-0.15, -0.1) is 11.8 Å². The lowest BCUT2D eigenvalue weighted by Gasteiger charge is -2.25. The second-order valence-electron chi connectivity index (χ2n) is 9.35. The van der Waals surface area contributed by atoms with Crippen LogP contribution in [0.5, 0.6) is 0 Å². The third-order valence-corrected chi connectivity index (χ3v) is 7.98. The average Bonchev–Trinajstić information content (AvgIpc) is 2.95. The first-order valence-electron chi connectivity index (χ1n) is 13.3. The van der Waals surface area contributed by atoms with Crippen molar-refractivity contribution in [2.45, 2.75) is 67.6 Å². The number of methoxy groups -OCH3 is 2. The van der Waals surface area contributed by atoms with Crippen LogP contribution in [0.4, 0.5) is 0 Å². The maximum atomic E-state index is 12.1. The summed E-state index contributed by atoms with van der Waals surface area (Å²) in [5.41, 5.74) is 4.00. The van der Waals surface area contributed by atoms with Crippen molar-refractivity contribution in [2.24, 2.45) is 0 Å². The van der Waals surface area contributed by atoms with E-state index in [0.717, 1.165) is 41.7 Å². The summed E-state index contributed by atoms with van der Waals surface area (Å²) in [7, 11) is 2.78. The van der Waals surface area contributed by atoms with Gasteiger partial charge in [0, 0.05) is 12.0 Å². The third kappa shape index (κ3) is 9.03. The molecule has 38 heavy (non-hydrogen) atoms. The number of carboxylic acid groups (broad SMARTS) is 1. The van der Waals surface area contributed by atoms with Gasteiger partial charge in [-0.05, 0) is 66.6 Å². The molecule has 0 aliphatic rings. The molecule has 1 N–H and O–H groups in total. The summed E-state index contributed by atoms with van der Waals surface area (Å²) in [5.74, 6) is -1.40. The Morgan fingerprint density at radius 1 is 0.763 bits per heavy atom. The van der Waals surface area contributed by atoms with Gasteiger partial charge in [-0.1, -0.05) is 80.3 Å². The molecule has 3 aromatic rings. The number of hydrogen-bond donors (Lipinski definition) is 1. The van der Waals surface area contributed by atoms with Gasteiger partial charge in [-0.2, -0.15) is 0 Å². The Bertz CT molecular complexity index is 1130.